The number of aliphatic hydroxyl groups excluding tert-OH is 7. The highest BCUT2D eigenvalue weighted by Crippen LogP contribution is 2.26. The van der Waals surface area contributed by atoms with Crippen LogP contribution in [0.25, 0.3) is 0 Å². The second kappa shape index (κ2) is 21.4. The Morgan fingerprint density at radius 3 is 1.73 bits per heavy atom. The van der Waals surface area contributed by atoms with Crippen LogP contribution in [-0.4, -0.2) is 142 Å². The fraction of sp³-hybridized carbons (Fsp3) is 0.933. The van der Waals surface area contributed by atoms with Gasteiger partial charge in [0, 0.05) is 12.8 Å². The van der Waals surface area contributed by atoms with E-state index in [1.807, 2.05) is 0 Å². The van der Waals surface area contributed by atoms with Crippen molar-refractivity contribution < 1.29 is 73.8 Å². The molecule has 15 heteroatoms. The summed E-state index contributed by atoms with van der Waals surface area (Å²) in [5.74, 6) is -0.963. The van der Waals surface area contributed by atoms with E-state index in [0.29, 0.717) is 12.8 Å². The zero-order valence-corrected chi connectivity index (χ0v) is 26.4. The molecule has 2 rings (SSSR count). The van der Waals surface area contributed by atoms with Crippen LogP contribution in [0.4, 0.5) is 0 Å². The lowest BCUT2D eigenvalue weighted by Crippen LogP contribution is -2.61. The summed E-state index contributed by atoms with van der Waals surface area (Å²) in [6, 6.07) is 0. The molecule has 45 heavy (non-hydrogen) atoms. The van der Waals surface area contributed by atoms with Gasteiger partial charge in [0.1, 0.15) is 55.4 Å². The van der Waals surface area contributed by atoms with Gasteiger partial charge in [-0.3, -0.25) is 9.59 Å². The molecule has 2 aliphatic heterocycles. The quantitative estimate of drug-likeness (QED) is 0.0606. The van der Waals surface area contributed by atoms with Crippen molar-refractivity contribution in [1.82, 2.24) is 0 Å². The zero-order valence-electron chi connectivity index (χ0n) is 26.4. The highest BCUT2D eigenvalue weighted by molar-refractivity contribution is 5.70. The van der Waals surface area contributed by atoms with Gasteiger partial charge < -0.3 is 64.2 Å². The van der Waals surface area contributed by atoms with Crippen LogP contribution in [0.3, 0.4) is 0 Å². The van der Waals surface area contributed by atoms with Gasteiger partial charge in [0.2, 0.25) is 0 Å². The van der Waals surface area contributed by atoms with E-state index in [1.165, 1.54) is 0 Å². The molecule has 0 aromatic rings. The number of carbonyl (C=O) groups excluding carboxylic acids is 2. The Morgan fingerprint density at radius 1 is 0.622 bits per heavy atom. The van der Waals surface area contributed by atoms with Crippen molar-refractivity contribution in [2.45, 2.75) is 152 Å². The topological polar surface area (TPSA) is 231 Å². The third kappa shape index (κ3) is 13.3. The first-order valence-electron chi connectivity index (χ1n) is 16.1. The van der Waals surface area contributed by atoms with Gasteiger partial charge in [-0.05, 0) is 12.8 Å². The molecule has 264 valence electrons. The smallest absolute Gasteiger partial charge is 0.306 e. The summed E-state index contributed by atoms with van der Waals surface area (Å²) in [6.07, 6.45) is -8.22. The van der Waals surface area contributed by atoms with Crippen molar-refractivity contribution in [2.75, 3.05) is 26.4 Å². The predicted molar refractivity (Wildman–Crippen MR) is 155 cm³/mol. The van der Waals surface area contributed by atoms with Gasteiger partial charge in [0.05, 0.1) is 19.8 Å². The van der Waals surface area contributed by atoms with Crippen LogP contribution in [0, 0.1) is 0 Å². The van der Waals surface area contributed by atoms with Crippen LogP contribution in [0.2, 0.25) is 0 Å². The van der Waals surface area contributed by atoms with Crippen LogP contribution >= 0.6 is 0 Å². The van der Waals surface area contributed by atoms with Crippen molar-refractivity contribution in [3.05, 3.63) is 0 Å². The molecule has 2 aliphatic rings. The SMILES string of the molecule is CCCCCCCC(=O)O[C@H](COC(=O)CCCCCC)CO[C@@H]1O[C@H](CO[C@H]2O[C@H](CO)[C@H](O)[C@H](O)[C@H]2O)[C@H](O)[C@H](O)[C@H]1O. The van der Waals surface area contributed by atoms with Crippen LogP contribution in [0.1, 0.15) is 84.5 Å². The van der Waals surface area contributed by atoms with Crippen molar-refractivity contribution in [2.24, 2.45) is 0 Å². The third-order valence-corrected chi connectivity index (χ3v) is 7.84. The summed E-state index contributed by atoms with van der Waals surface area (Å²) >= 11 is 0. The van der Waals surface area contributed by atoms with Crippen molar-refractivity contribution in [3.8, 4) is 0 Å². The molecule has 0 radical (unpaired) electrons. The van der Waals surface area contributed by atoms with Gasteiger partial charge in [-0.25, -0.2) is 0 Å². The molecule has 0 spiro atoms. The summed E-state index contributed by atoms with van der Waals surface area (Å²) < 4.78 is 32.8. The van der Waals surface area contributed by atoms with E-state index in [1.54, 1.807) is 0 Å². The summed E-state index contributed by atoms with van der Waals surface area (Å²) in [5.41, 5.74) is 0. The molecule has 0 aromatic carbocycles. The molecular weight excluding hydrogens is 600 g/mol. The maximum atomic E-state index is 12.5. The lowest BCUT2D eigenvalue weighted by Gasteiger charge is -2.42. The van der Waals surface area contributed by atoms with E-state index in [9.17, 15) is 45.3 Å². The van der Waals surface area contributed by atoms with Gasteiger partial charge in [-0.1, -0.05) is 58.8 Å². The number of hydrogen-bond acceptors (Lipinski definition) is 15. The van der Waals surface area contributed by atoms with Gasteiger partial charge in [0.25, 0.3) is 0 Å². The maximum Gasteiger partial charge on any atom is 0.306 e. The molecular formula is C30H54O15. The Hall–Kier alpha value is -1.50. The first kappa shape index (κ1) is 39.7. The summed E-state index contributed by atoms with van der Waals surface area (Å²) in [7, 11) is 0. The van der Waals surface area contributed by atoms with Gasteiger partial charge in [-0.15, -0.1) is 0 Å². The molecule has 0 aromatic heterocycles. The molecule has 2 fully saturated rings. The van der Waals surface area contributed by atoms with Crippen LogP contribution < -0.4 is 0 Å². The number of carbonyl (C=O) groups is 2. The standard InChI is InChI=1S/C30H54O15/c1-3-5-7-9-11-13-22(33)43-18(15-40-21(32)12-10-8-6-4-2)16-41-29-28(39)26(37)24(35)20(45-29)17-42-30-27(38)25(36)23(34)19(14-31)44-30/h18-20,23-31,34-39H,3-17H2,1-2H3/t18-,19-,20-,23+,24+,25+,26+,27-,28-,29-,30+/m1/s1. The molecule has 15 nitrogen and oxygen atoms in total. The number of rotatable bonds is 21. The predicted octanol–water partition coefficient (Wildman–Crippen LogP) is -0.587. The van der Waals surface area contributed by atoms with Gasteiger partial charge in [0.15, 0.2) is 18.7 Å². The van der Waals surface area contributed by atoms with E-state index in [-0.39, 0.29) is 26.1 Å². The third-order valence-electron chi connectivity index (χ3n) is 7.84. The molecule has 0 saturated carbocycles. The summed E-state index contributed by atoms with van der Waals surface area (Å²) in [4.78, 5) is 24.8. The first-order chi connectivity index (χ1) is 21.5. The molecule has 0 amide bonds. The molecule has 0 unspecified atom stereocenters. The maximum absolute atomic E-state index is 12.5. The fourth-order valence-electron chi connectivity index (χ4n) is 4.98. The lowest BCUT2D eigenvalue weighted by atomic mass is 9.98. The Kier molecular flexibility index (Phi) is 18.9. The Labute approximate surface area is 264 Å². The first-order valence-corrected chi connectivity index (χ1v) is 16.1. The minimum atomic E-state index is -1.75. The number of hydrogen-bond donors (Lipinski definition) is 7. The van der Waals surface area contributed by atoms with E-state index in [4.69, 9.17) is 28.4 Å². The Bertz CT molecular complexity index is 829. The highest BCUT2D eigenvalue weighted by Gasteiger charge is 2.47. The van der Waals surface area contributed by atoms with Gasteiger partial charge in [-0.2, -0.15) is 0 Å². The number of unbranched alkanes of at least 4 members (excludes halogenated alkanes) is 7. The monoisotopic (exact) mass is 654 g/mol. The zero-order chi connectivity index (χ0) is 33.4. The van der Waals surface area contributed by atoms with Crippen LogP contribution in [0.15, 0.2) is 0 Å². The minimum Gasteiger partial charge on any atom is -0.462 e. The second-order valence-corrected chi connectivity index (χ2v) is 11.6. The van der Waals surface area contributed by atoms with Crippen molar-refractivity contribution in [1.29, 1.82) is 0 Å². The fourth-order valence-corrected chi connectivity index (χ4v) is 4.98. The molecule has 7 N–H and O–H groups in total. The van der Waals surface area contributed by atoms with Gasteiger partial charge >= 0.3 is 11.9 Å². The Morgan fingerprint density at radius 2 is 1.13 bits per heavy atom. The van der Waals surface area contributed by atoms with Crippen molar-refractivity contribution in [3.63, 3.8) is 0 Å². The van der Waals surface area contributed by atoms with Crippen LogP contribution in [0.5, 0.6) is 0 Å². The second-order valence-electron chi connectivity index (χ2n) is 11.6. The largest absolute Gasteiger partial charge is 0.462 e. The summed E-state index contributed by atoms with van der Waals surface area (Å²) in [6.45, 7) is 2.27. The molecule has 11 atom stereocenters. The number of esters is 2. The van der Waals surface area contributed by atoms with E-state index in [0.717, 1.165) is 44.9 Å². The average molecular weight is 655 g/mol. The number of ether oxygens (including phenoxy) is 6. The van der Waals surface area contributed by atoms with E-state index < -0.39 is 92.7 Å². The normalized spacial score (nSPS) is 32.6. The summed E-state index contributed by atoms with van der Waals surface area (Å²) in [5, 5.41) is 70.9. The van der Waals surface area contributed by atoms with E-state index in [2.05, 4.69) is 13.8 Å². The molecule has 0 aliphatic carbocycles. The molecule has 2 saturated heterocycles. The average Bonchev–Trinajstić information content (AvgIpc) is 3.03. The lowest BCUT2D eigenvalue weighted by molar-refractivity contribution is -0.332. The van der Waals surface area contributed by atoms with E-state index >= 15 is 0 Å². The highest BCUT2D eigenvalue weighted by atomic mass is 16.7. The minimum absolute atomic E-state index is 0.163. The number of aliphatic hydroxyl groups is 7. The molecule has 2 heterocycles. The Balaban J connectivity index is 1.97. The molecule has 0 bridgehead atoms. The van der Waals surface area contributed by atoms with Crippen LogP contribution in [-0.2, 0) is 38.0 Å². The van der Waals surface area contributed by atoms with Crippen molar-refractivity contribution >= 4 is 11.9 Å².